The van der Waals surface area contributed by atoms with E-state index in [1.54, 1.807) is 56.5 Å². The summed E-state index contributed by atoms with van der Waals surface area (Å²) in [4.78, 5) is 39.7. The minimum absolute atomic E-state index is 0.261. The van der Waals surface area contributed by atoms with Gasteiger partial charge in [0.25, 0.3) is 5.91 Å². The first kappa shape index (κ1) is 21.2. The van der Waals surface area contributed by atoms with Gasteiger partial charge in [-0.05, 0) is 36.2 Å². The van der Waals surface area contributed by atoms with Crippen molar-refractivity contribution in [2.45, 2.75) is 18.9 Å². The summed E-state index contributed by atoms with van der Waals surface area (Å²) < 4.78 is 15.6. The first-order valence-electron chi connectivity index (χ1n) is 9.44. The Labute approximate surface area is 174 Å². The van der Waals surface area contributed by atoms with Crippen LogP contribution in [0.15, 0.2) is 42.5 Å². The Morgan fingerprint density at radius 1 is 0.967 bits per heavy atom. The number of ketones is 1. The molecule has 0 bridgehead atoms. The molecule has 1 aliphatic heterocycles. The number of nitrogens with one attached hydrogen (secondary N) is 1. The number of amides is 3. The first-order chi connectivity index (χ1) is 14.4. The van der Waals surface area contributed by atoms with E-state index in [1.165, 1.54) is 14.2 Å². The van der Waals surface area contributed by atoms with E-state index < -0.39 is 29.8 Å². The van der Waals surface area contributed by atoms with Gasteiger partial charge < -0.3 is 19.5 Å². The predicted octanol–water partition coefficient (Wildman–Crippen LogP) is 2.75. The van der Waals surface area contributed by atoms with Crippen molar-refractivity contribution in [3.8, 4) is 17.2 Å². The minimum Gasteiger partial charge on any atom is -0.497 e. The Morgan fingerprint density at radius 2 is 1.60 bits per heavy atom. The van der Waals surface area contributed by atoms with Crippen LogP contribution in [0.2, 0.25) is 0 Å². The molecule has 1 fully saturated rings. The molecule has 1 heterocycles. The third-order valence-electron chi connectivity index (χ3n) is 5.30. The van der Waals surface area contributed by atoms with Gasteiger partial charge >= 0.3 is 6.03 Å². The lowest BCUT2D eigenvalue weighted by atomic mass is 9.87. The highest BCUT2D eigenvalue weighted by Crippen LogP contribution is 2.34. The summed E-state index contributed by atoms with van der Waals surface area (Å²) in [5, 5.41) is 2.77. The zero-order chi connectivity index (χ0) is 21.9. The maximum Gasteiger partial charge on any atom is 0.325 e. The number of carbonyl (C=O) groups excluding carboxylic acids is 3. The molecule has 1 N–H and O–H groups in total. The number of benzene rings is 2. The number of methoxy groups -OCH3 is 3. The maximum absolute atomic E-state index is 13.3. The minimum atomic E-state index is -1.23. The molecule has 3 rings (SSSR count). The molecule has 158 valence electrons. The van der Waals surface area contributed by atoms with Crippen LogP contribution in [-0.4, -0.2) is 50.5 Å². The fourth-order valence-electron chi connectivity index (χ4n) is 3.54. The van der Waals surface area contributed by atoms with Crippen LogP contribution >= 0.6 is 0 Å². The summed E-state index contributed by atoms with van der Waals surface area (Å²) in [7, 11) is 4.49. The van der Waals surface area contributed by atoms with Gasteiger partial charge in [-0.3, -0.25) is 14.5 Å². The van der Waals surface area contributed by atoms with Crippen molar-refractivity contribution in [1.29, 1.82) is 0 Å². The smallest absolute Gasteiger partial charge is 0.325 e. The Morgan fingerprint density at radius 3 is 2.17 bits per heavy atom. The van der Waals surface area contributed by atoms with Gasteiger partial charge in [-0.25, -0.2) is 4.79 Å². The van der Waals surface area contributed by atoms with Crippen LogP contribution in [-0.2, 0) is 10.3 Å². The highest BCUT2D eigenvalue weighted by Gasteiger charge is 2.51. The summed E-state index contributed by atoms with van der Waals surface area (Å²) in [5.41, 5.74) is -0.341. The Bertz CT molecular complexity index is 972. The maximum atomic E-state index is 13.3. The van der Waals surface area contributed by atoms with Crippen molar-refractivity contribution in [3.05, 3.63) is 53.6 Å². The average Bonchev–Trinajstić information content (AvgIpc) is 3.03. The molecule has 0 radical (unpaired) electrons. The summed E-state index contributed by atoms with van der Waals surface area (Å²) in [6.07, 6.45) is 0.334. The Hall–Kier alpha value is -3.55. The molecular weight excluding hydrogens is 388 g/mol. The summed E-state index contributed by atoms with van der Waals surface area (Å²) in [6, 6.07) is 11.1. The van der Waals surface area contributed by atoms with Crippen molar-refractivity contribution in [1.82, 2.24) is 10.2 Å². The third kappa shape index (κ3) is 3.56. The highest BCUT2D eigenvalue weighted by atomic mass is 16.5. The molecule has 0 saturated carbocycles. The van der Waals surface area contributed by atoms with Gasteiger partial charge in [-0.15, -0.1) is 0 Å². The number of hydrogen-bond donors (Lipinski definition) is 1. The molecule has 0 unspecified atom stereocenters. The van der Waals surface area contributed by atoms with Crippen molar-refractivity contribution >= 4 is 17.7 Å². The molecule has 1 atom stereocenters. The zero-order valence-electron chi connectivity index (χ0n) is 17.4. The van der Waals surface area contributed by atoms with Crippen LogP contribution < -0.4 is 19.5 Å². The van der Waals surface area contributed by atoms with Crippen molar-refractivity contribution in [2.75, 3.05) is 27.9 Å². The fourth-order valence-corrected chi connectivity index (χ4v) is 3.54. The van der Waals surface area contributed by atoms with Crippen molar-refractivity contribution < 1.29 is 28.6 Å². The van der Waals surface area contributed by atoms with E-state index in [2.05, 4.69) is 5.32 Å². The lowest BCUT2D eigenvalue weighted by molar-refractivity contribution is -0.131. The SMILES string of the molecule is CC[C@@]1(c2ccc(OC)cc2)NC(=O)N(CC(=O)c2ccc(OC)cc2OC)C1=O. The van der Waals surface area contributed by atoms with E-state index in [1.807, 2.05) is 0 Å². The molecule has 8 nitrogen and oxygen atoms in total. The molecule has 0 aliphatic carbocycles. The van der Waals surface area contributed by atoms with E-state index in [0.29, 0.717) is 29.2 Å². The second-order valence-electron chi connectivity index (χ2n) is 6.80. The molecule has 1 aliphatic rings. The zero-order valence-corrected chi connectivity index (χ0v) is 17.4. The average molecular weight is 412 g/mol. The van der Waals surface area contributed by atoms with Gasteiger partial charge in [0.15, 0.2) is 5.78 Å². The van der Waals surface area contributed by atoms with Crippen LogP contribution in [0.3, 0.4) is 0 Å². The second-order valence-corrected chi connectivity index (χ2v) is 6.80. The quantitative estimate of drug-likeness (QED) is 0.529. The largest absolute Gasteiger partial charge is 0.497 e. The Balaban J connectivity index is 1.88. The molecule has 30 heavy (non-hydrogen) atoms. The molecule has 1 saturated heterocycles. The number of rotatable bonds is 8. The van der Waals surface area contributed by atoms with Crippen LogP contribution in [0.4, 0.5) is 4.79 Å². The molecule has 2 aromatic rings. The summed E-state index contributed by atoms with van der Waals surface area (Å²) in [6.45, 7) is 1.41. The van der Waals surface area contributed by atoms with Gasteiger partial charge in [-0.1, -0.05) is 19.1 Å². The normalized spacial score (nSPS) is 18.2. The number of Topliss-reactive ketones (excluding diaryl/α,β-unsaturated/α-hetero) is 1. The number of nitrogens with zero attached hydrogens (tertiary/aromatic N) is 1. The molecule has 2 aromatic carbocycles. The van der Waals surface area contributed by atoms with Crippen molar-refractivity contribution in [3.63, 3.8) is 0 Å². The Kier molecular flexibility index (Phi) is 5.96. The van der Waals surface area contributed by atoms with Gasteiger partial charge in [-0.2, -0.15) is 0 Å². The van der Waals surface area contributed by atoms with Crippen molar-refractivity contribution in [2.24, 2.45) is 0 Å². The summed E-state index contributed by atoms with van der Waals surface area (Å²) in [5.74, 6) is 0.590. The van der Waals surface area contributed by atoms with Crippen LogP contribution in [0.25, 0.3) is 0 Å². The molecule has 8 heteroatoms. The van der Waals surface area contributed by atoms with E-state index >= 15 is 0 Å². The van der Waals surface area contributed by atoms with Gasteiger partial charge in [0.05, 0.1) is 33.4 Å². The van der Waals surface area contributed by atoms with Crippen LogP contribution in [0.5, 0.6) is 17.2 Å². The lowest BCUT2D eigenvalue weighted by Gasteiger charge is -2.26. The molecule has 0 spiro atoms. The van der Waals surface area contributed by atoms with Gasteiger partial charge in [0.2, 0.25) is 0 Å². The van der Waals surface area contributed by atoms with E-state index in [0.717, 1.165) is 4.90 Å². The number of hydrogen-bond acceptors (Lipinski definition) is 6. The lowest BCUT2D eigenvalue weighted by Crippen LogP contribution is -2.43. The molecular formula is C22H24N2O6. The van der Waals surface area contributed by atoms with Crippen LogP contribution in [0.1, 0.15) is 29.3 Å². The van der Waals surface area contributed by atoms with E-state index in [-0.39, 0.29) is 5.56 Å². The molecule has 3 amide bonds. The highest BCUT2D eigenvalue weighted by molar-refractivity contribution is 6.12. The third-order valence-corrected chi connectivity index (χ3v) is 5.30. The second kappa shape index (κ2) is 8.44. The number of ether oxygens (including phenoxy) is 3. The van der Waals surface area contributed by atoms with Crippen LogP contribution in [0, 0.1) is 0 Å². The number of urea groups is 1. The van der Waals surface area contributed by atoms with Gasteiger partial charge in [0, 0.05) is 6.07 Å². The van der Waals surface area contributed by atoms with E-state index in [9.17, 15) is 14.4 Å². The number of carbonyl (C=O) groups is 3. The monoisotopic (exact) mass is 412 g/mol. The first-order valence-corrected chi connectivity index (χ1v) is 9.44. The van der Waals surface area contributed by atoms with Gasteiger partial charge in [0.1, 0.15) is 22.8 Å². The fraction of sp³-hybridized carbons (Fsp3) is 0.318. The topological polar surface area (TPSA) is 94.2 Å². The summed E-state index contributed by atoms with van der Waals surface area (Å²) >= 11 is 0. The standard InChI is InChI=1S/C22H24N2O6/c1-5-22(14-6-8-15(28-2)9-7-14)20(26)24(21(27)23-22)13-18(25)17-11-10-16(29-3)12-19(17)30-4/h6-12H,5,13H2,1-4H3,(H,23,27)/t22-/m0/s1. The van der Waals surface area contributed by atoms with E-state index in [4.69, 9.17) is 14.2 Å². The molecule has 0 aromatic heterocycles. The number of imide groups is 1. The predicted molar refractivity (Wildman–Crippen MR) is 109 cm³/mol.